The van der Waals surface area contributed by atoms with Gasteiger partial charge in [0.05, 0.1) is 0 Å². The van der Waals surface area contributed by atoms with E-state index in [2.05, 4.69) is 105 Å². The van der Waals surface area contributed by atoms with Crippen molar-refractivity contribution in [3.05, 3.63) is 107 Å². The maximum atomic E-state index is 4.10. The fraction of sp³-hybridized carbons (Fsp3) is 0.226. The zero-order valence-electron chi connectivity index (χ0n) is 19.5. The first-order chi connectivity index (χ1) is 15.6. The third-order valence-electron chi connectivity index (χ3n) is 6.27. The van der Waals surface area contributed by atoms with Crippen LogP contribution in [-0.4, -0.2) is 4.98 Å². The number of aromatic amines is 1. The lowest BCUT2D eigenvalue weighted by Gasteiger charge is -2.14. The second-order valence-corrected chi connectivity index (χ2v) is 8.68. The molecule has 1 aromatic heterocycles. The molecular formula is C31H33N. The van der Waals surface area contributed by atoms with Gasteiger partial charge in [-0.05, 0) is 67.5 Å². The molecule has 0 bridgehead atoms. The van der Waals surface area contributed by atoms with Crippen molar-refractivity contribution in [1.82, 2.24) is 4.98 Å². The van der Waals surface area contributed by atoms with Gasteiger partial charge in [0.25, 0.3) is 0 Å². The van der Waals surface area contributed by atoms with E-state index in [0.717, 1.165) is 31.4 Å². The van der Waals surface area contributed by atoms with Gasteiger partial charge in [-0.15, -0.1) is 0 Å². The number of aromatic nitrogens is 1. The summed E-state index contributed by atoms with van der Waals surface area (Å²) in [6.07, 6.45) is 17.4. The van der Waals surface area contributed by atoms with Crippen LogP contribution in [-0.2, 0) is 6.42 Å². The van der Waals surface area contributed by atoms with Crippen molar-refractivity contribution in [2.45, 2.75) is 46.5 Å². The molecule has 0 saturated heterocycles. The minimum Gasteiger partial charge on any atom is -0.358 e. The molecule has 32 heavy (non-hydrogen) atoms. The summed E-state index contributed by atoms with van der Waals surface area (Å²) in [6, 6.07) is 15.7. The Morgan fingerprint density at radius 1 is 1.03 bits per heavy atom. The van der Waals surface area contributed by atoms with Crippen LogP contribution in [0.3, 0.4) is 0 Å². The number of rotatable bonds is 7. The summed E-state index contributed by atoms with van der Waals surface area (Å²) in [5.41, 5.74) is 12.8. The van der Waals surface area contributed by atoms with E-state index in [1.807, 2.05) is 6.08 Å². The van der Waals surface area contributed by atoms with Crippen molar-refractivity contribution in [2.75, 3.05) is 0 Å². The standard InChI is InChI=1S/C31H33N/c1-5-7-13-27-29(6-2)32-30(20-24-11-9-8-10-12-24)31(27)28-21-26(19-16-23(28)4)25-17-14-22(3)15-18-25/h6-9,11,13-19,21,32H,2,5,10,12,20H2,1,3-4H3/b13-7-. The van der Waals surface area contributed by atoms with E-state index in [-0.39, 0.29) is 0 Å². The van der Waals surface area contributed by atoms with Gasteiger partial charge in [-0.3, -0.25) is 0 Å². The topological polar surface area (TPSA) is 15.8 Å². The zero-order chi connectivity index (χ0) is 22.5. The number of benzene rings is 2. The molecule has 0 spiro atoms. The third kappa shape index (κ3) is 4.62. The van der Waals surface area contributed by atoms with Crippen molar-refractivity contribution < 1.29 is 0 Å². The van der Waals surface area contributed by atoms with E-state index in [4.69, 9.17) is 0 Å². The van der Waals surface area contributed by atoms with Crippen LogP contribution in [0.15, 0.2) is 78.9 Å². The van der Waals surface area contributed by atoms with E-state index in [9.17, 15) is 0 Å². The van der Waals surface area contributed by atoms with Crippen LogP contribution in [0.4, 0.5) is 0 Å². The van der Waals surface area contributed by atoms with Crippen molar-refractivity contribution in [1.29, 1.82) is 0 Å². The van der Waals surface area contributed by atoms with Gasteiger partial charge in [0.2, 0.25) is 0 Å². The summed E-state index contributed by atoms with van der Waals surface area (Å²) >= 11 is 0. The van der Waals surface area contributed by atoms with Crippen molar-refractivity contribution in [2.24, 2.45) is 0 Å². The number of nitrogens with one attached hydrogen (secondary N) is 1. The second-order valence-electron chi connectivity index (χ2n) is 8.68. The first-order valence-electron chi connectivity index (χ1n) is 11.7. The quantitative estimate of drug-likeness (QED) is 0.393. The van der Waals surface area contributed by atoms with Crippen LogP contribution in [0.1, 0.15) is 54.3 Å². The molecule has 0 amide bonds. The molecule has 3 aromatic rings. The number of hydrogen-bond donors (Lipinski definition) is 1. The minimum atomic E-state index is 0.939. The fourth-order valence-corrected chi connectivity index (χ4v) is 4.44. The SMILES string of the molecule is C=Cc1[nH]c(CC2=CC=CCC2)c(-c2cc(-c3ccc(C)cc3)ccc2C)c1/C=C\CC. The van der Waals surface area contributed by atoms with Crippen LogP contribution in [0.5, 0.6) is 0 Å². The monoisotopic (exact) mass is 419 g/mol. The highest BCUT2D eigenvalue weighted by Gasteiger charge is 2.19. The Balaban J connectivity index is 1.89. The molecule has 0 unspecified atom stereocenters. The molecule has 0 aliphatic heterocycles. The van der Waals surface area contributed by atoms with Crippen molar-refractivity contribution >= 4 is 12.2 Å². The predicted octanol–water partition coefficient (Wildman–Crippen LogP) is 8.85. The second kappa shape index (κ2) is 9.87. The first-order valence-corrected chi connectivity index (χ1v) is 11.7. The molecule has 2 aromatic carbocycles. The average molecular weight is 420 g/mol. The lowest BCUT2D eigenvalue weighted by molar-refractivity contribution is 0.898. The van der Waals surface area contributed by atoms with E-state index < -0.39 is 0 Å². The van der Waals surface area contributed by atoms with Gasteiger partial charge < -0.3 is 4.98 Å². The Labute approximate surface area is 192 Å². The molecule has 1 aliphatic carbocycles. The lowest BCUT2D eigenvalue weighted by atomic mass is 9.90. The highest BCUT2D eigenvalue weighted by Crippen LogP contribution is 2.38. The Hall–Kier alpha value is -3.32. The molecule has 1 heteroatoms. The first kappa shape index (κ1) is 21.9. The number of H-pyrrole nitrogens is 1. The minimum absolute atomic E-state index is 0.939. The van der Waals surface area contributed by atoms with E-state index >= 15 is 0 Å². The zero-order valence-corrected chi connectivity index (χ0v) is 19.5. The normalized spacial score (nSPS) is 13.5. The molecule has 1 nitrogen and oxygen atoms in total. The maximum absolute atomic E-state index is 4.10. The molecule has 1 N–H and O–H groups in total. The molecule has 162 valence electrons. The van der Waals surface area contributed by atoms with Gasteiger partial charge in [-0.1, -0.05) is 91.4 Å². The Bertz CT molecular complexity index is 1200. The molecule has 4 rings (SSSR count). The van der Waals surface area contributed by atoms with Gasteiger partial charge in [0, 0.05) is 28.9 Å². The van der Waals surface area contributed by atoms with Crippen LogP contribution in [0, 0.1) is 13.8 Å². The molecule has 0 radical (unpaired) electrons. The third-order valence-corrected chi connectivity index (χ3v) is 6.27. The lowest BCUT2D eigenvalue weighted by Crippen LogP contribution is -1.97. The Kier molecular flexibility index (Phi) is 6.75. The smallest absolute Gasteiger partial charge is 0.0456 e. The van der Waals surface area contributed by atoms with E-state index in [1.54, 1.807) is 0 Å². The number of aryl methyl sites for hydroxylation is 2. The largest absolute Gasteiger partial charge is 0.358 e. The average Bonchev–Trinajstić information content (AvgIpc) is 3.16. The van der Waals surface area contributed by atoms with Crippen LogP contribution < -0.4 is 0 Å². The summed E-state index contributed by atoms with van der Waals surface area (Å²) in [5.74, 6) is 0. The van der Waals surface area contributed by atoms with E-state index in [0.29, 0.717) is 0 Å². The highest BCUT2D eigenvalue weighted by atomic mass is 14.7. The number of hydrogen-bond acceptors (Lipinski definition) is 0. The Morgan fingerprint density at radius 2 is 1.81 bits per heavy atom. The van der Waals surface area contributed by atoms with Crippen LogP contribution in [0.2, 0.25) is 0 Å². The molecule has 1 aliphatic rings. The maximum Gasteiger partial charge on any atom is 0.0456 e. The van der Waals surface area contributed by atoms with Gasteiger partial charge >= 0.3 is 0 Å². The van der Waals surface area contributed by atoms with Gasteiger partial charge in [-0.2, -0.15) is 0 Å². The summed E-state index contributed by atoms with van der Waals surface area (Å²) in [7, 11) is 0. The van der Waals surface area contributed by atoms with Crippen LogP contribution in [0.25, 0.3) is 34.4 Å². The molecule has 0 saturated carbocycles. The molecule has 0 fully saturated rings. The molecule has 1 heterocycles. The Morgan fingerprint density at radius 3 is 2.50 bits per heavy atom. The summed E-state index contributed by atoms with van der Waals surface area (Å²) in [5, 5.41) is 0. The number of allylic oxidation sites excluding steroid dienone is 5. The summed E-state index contributed by atoms with van der Waals surface area (Å²) < 4.78 is 0. The van der Waals surface area contributed by atoms with Gasteiger partial charge in [0.1, 0.15) is 0 Å². The van der Waals surface area contributed by atoms with Crippen molar-refractivity contribution in [3.8, 4) is 22.3 Å². The summed E-state index contributed by atoms with van der Waals surface area (Å²) in [4.78, 5) is 3.71. The summed E-state index contributed by atoms with van der Waals surface area (Å²) in [6.45, 7) is 10.6. The molecular weight excluding hydrogens is 386 g/mol. The predicted molar refractivity (Wildman–Crippen MR) is 141 cm³/mol. The van der Waals surface area contributed by atoms with Gasteiger partial charge in [-0.25, -0.2) is 0 Å². The highest BCUT2D eigenvalue weighted by molar-refractivity contribution is 5.86. The van der Waals surface area contributed by atoms with Crippen LogP contribution >= 0.6 is 0 Å². The fourth-order valence-electron chi connectivity index (χ4n) is 4.44. The molecule has 0 atom stereocenters. The van der Waals surface area contributed by atoms with E-state index in [1.165, 1.54) is 50.2 Å². The van der Waals surface area contributed by atoms with Gasteiger partial charge in [0.15, 0.2) is 0 Å². The van der Waals surface area contributed by atoms with Crippen molar-refractivity contribution in [3.63, 3.8) is 0 Å².